The Hall–Kier alpha value is -0.853. The van der Waals surface area contributed by atoms with Crippen LogP contribution in [0.5, 0.6) is 0 Å². The molecule has 0 aromatic heterocycles. The Bertz CT molecular complexity index is 625. The van der Waals surface area contributed by atoms with E-state index in [9.17, 15) is 4.79 Å². The first-order valence-corrected chi connectivity index (χ1v) is 12.1. The van der Waals surface area contributed by atoms with Gasteiger partial charge in [0.25, 0.3) is 0 Å². The summed E-state index contributed by atoms with van der Waals surface area (Å²) in [7, 11) is -0.300. The normalized spacial score (nSPS) is 14.7. The molecule has 0 radical (unpaired) electrons. The zero-order valence-electron chi connectivity index (χ0n) is 15.5. The van der Waals surface area contributed by atoms with Crippen molar-refractivity contribution in [1.29, 1.82) is 0 Å². The monoisotopic (exact) mass is 413 g/mol. The van der Waals surface area contributed by atoms with Gasteiger partial charge in [-0.05, 0) is 58.2 Å². The average Bonchev–Trinajstić information content (AvgIpc) is 2.88. The molecule has 1 aliphatic heterocycles. The van der Waals surface area contributed by atoms with Gasteiger partial charge < -0.3 is 14.1 Å². The fraction of sp³-hybridized carbons (Fsp3) is 0.611. The van der Waals surface area contributed by atoms with Crippen LogP contribution in [0.25, 0.3) is 0 Å². The van der Waals surface area contributed by atoms with Crippen molar-refractivity contribution < 1.29 is 14.0 Å². The van der Waals surface area contributed by atoms with Crippen LogP contribution in [0.15, 0.2) is 16.6 Å². The van der Waals surface area contributed by atoms with Crippen molar-refractivity contribution in [3.8, 4) is 0 Å². The summed E-state index contributed by atoms with van der Waals surface area (Å²) in [5.74, 6) is -0.293. The summed E-state index contributed by atoms with van der Waals surface area (Å²) in [5.41, 5.74) is 2.97. The van der Waals surface area contributed by atoms with Crippen molar-refractivity contribution in [2.45, 2.75) is 45.3 Å². The molecule has 0 aliphatic carbocycles. The van der Waals surface area contributed by atoms with Gasteiger partial charge in [-0.1, -0.05) is 20.8 Å². The van der Waals surface area contributed by atoms with Gasteiger partial charge in [0.05, 0.1) is 25.0 Å². The van der Waals surface area contributed by atoms with Crippen LogP contribution in [0.1, 0.15) is 36.7 Å². The highest BCUT2D eigenvalue weighted by Crippen LogP contribution is 2.38. The van der Waals surface area contributed by atoms with E-state index in [1.165, 1.54) is 18.4 Å². The molecule has 1 aliphatic rings. The minimum absolute atomic E-state index is 0.228. The molecular formula is C18H28BrNO3Si. The molecule has 0 amide bonds. The van der Waals surface area contributed by atoms with Crippen LogP contribution < -0.4 is 4.90 Å². The van der Waals surface area contributed by atoms with Crippen LogP contribution in [0.2, 0.25) is 18.1 Å². The largest absolute Gasteiger partial charge is 0.465 e. The predicted molar refractivity (Wildman–Crippen MR) is 105 cm³/mol. The van der Waals surface area contributed by atoms with Crippen LogP contribution in [-0.4, -0.2) is 41.1 Å². The van der Waals surface area contributed by atoms with Crippen molar-refractivity contribution in [2.75, 3.05) is 31.7 Å². The Morgan fingerprint density at radius 2 is 2.00 bits per heavy atom. The molecule has 1 aromatic rings. The van der Waals surface area contributed by atoms with E-state index in [0.717, 1.165) is 30.6 Å². The quantitative estimate of drug-likeness (QED) is 0.521. The summed E-state index contributed by atoms with van der Waals surface area (Å²) in [4.78, 5) is 14.1. The van der Waals surface area contributed by atoms with E-state index in [-0.39, 0.29) is 11.0 Å². The Balaban J connectivity index is 2.06. The number of carbonyl (C=O) groups excluding carboxylic acids is 1. The lowest BCUT2D eigenvalue weighted by molar-refractivity contribution is 0.0600. The van der Waals surface area contributed by atoms with Crippen LogP contribution in [0.3, 0.4) is 0 Å². The van der Waals surface area contributed by atoms with E-state index in [1.54, 1.807) is 0 Å². The van der Waals surface area contributed by atoms with Crippen molar-refractivity contribution in [3.63, 3.8) is 0 Å². The zero-order valence-corrected chi connectivity index (χ0v) is 18.1. The molecule has 1 heterocycles. The number of nitrogens with zero attached hydrogens (tertiary/aromatic N) is 1. The molecule has 0 saturated carbocycles. The molecule has 4 nitrogen and oxygen atoms in total. The topological polar surface area (TPSA) is 38.8 Å². The lowest BCUT2D eigenvalue weighted by atomic mass is 10.1. The van der Waals surface area contributed by atoms with Gasteiger partial charge in [0.2, 0.25) is 0 Å². The maximum atomic E-state index is 11.8. The summed E-state index contributed by atoms with van der Waals surface area (Å²) in [5, 5.41) is 0.228. The maximum absolute atomic E-state index is 11.8. The van der Waals surface area contributed by atoms with Gasteiger partial charge in [-0.3, -0.25) is 0 Å². The molecule has 0 atom stereocenters. The molecule has 134 valence electrons. The fourth-order valence-corrected chi connectivity index (χ4v) is 4.44. The number of carbonyl (C=O) groups is 1. The maximum Gasteiger partial charge on any atom is 0.337 e. The lowest BCUT2D eigenvalue weighted by Crippen LogP contribution is -2.42. The lowest BCUT2D eigenvalue weighted by Gasteiger charge is -2.36. The van der Waals surface area contributed by atoms with Crippen molar-refractivity contribution in [1.82, 2.24) is 0 Å². The number of hydrogen-bond acceptors (Lipinski definition) is 4. The summed E-state index contributed by atoms with van der Waals surface area (Å²) >= 11 is 3.62. The van der Waals surface area contributed by atoms with Gasteiger partial charge in [0.1, 0.15) is 0 Å². The number of fused-ring (bicyclic) bond motifs is 1. The van der Waals surface area contributed by atoms with Crippen LogP contribution in [0, 0.1) is 0 Å². The molecule has 0 fully saturated rings. The Labute approximate surface area is 154 Å². The molecule has 24 heavy (non-hydrogen) atoms. The molecule has 0 bridgehead atoms. The smallest absolute Gasteiger partial charge is 0.337 e. The predicted octanol–water partition coefficient (Wildman–Crippen LogP) is 4.62. The van der Waals surface area contributed by atoms with Gasteiger partial charge in [-0.2, -0.15) is 0 Å². The van der Waals surface area contributed by atoms with Crippen LogP contribution in [0.4, 0.5) is 5.69 Å². The fourth-order valence-electron chi connectivity index (χ4n) is 2.65. The Kier molecular flexibility index (Phi) is 5.82. The summed E-state index contributed by atoms with van der Waals surface area (Å²) in [6, 6.07) is 3.79. The van der Waals surface area contributed by atoms with Crippen LogP contribution in [-0.2, 0) is 15.6 Å². The number of benzene rings is 1. The van der Waals surface area contributed by atoms with Gasteiger partial charge in [0.15, 0.2) is 8.32 Å². The highest BCUT2D eigenvalue weighted by Gasteiger charge is 2.37. The molecule has 1 aromatic carbocycles. The second kappa shape index (κ2) is 7.18. The van der Waals surface area contributed by atoms with E-state index < -0.39 is 8.32 Å². The standard InChI is InChI=1S/C18H28BrNO3Si/c1-18(2,3)24(5,6)23-10-9-20-8-7-13-11-14(17(21)22-4)12-15(19)16(13)20/h11-12H,7-10H2,1-6H3. The highest BCUT2D eigenvalue weighted by molar-refractivity contribution is 9.10. The third-order valence-corrected chi connectivity index (χ3v) is 10.3. The van der Waals surface area contributed by atoms with Gasteiger partial charge >= 0.3 is 5.97 Å². The number of methoxy groups -OCH3 is 1. The van der Waals surface area contributed by atoms with Gasteiger partial charge in [-0.25, -0.2) is 4.79 Å². The molecular weight excluding hydrogens is 386 g/mol. The number of hydrogen-bond donors (Lipinski definition) is 0. The number of halogens is 1. The van der Waals surface area contributed by atoms with E-state index in [4.69, 9.17) is 9.16 Å². The summed E-state index contributed by atoms with van der Waals surface area (Å²) in [6.07, 6.45) is 0.943. The van der Waals surface area contributed by atoms with E-state index >= 15 is 0 Å². The van der Waals surface area contributed by atoms with E-state index in [0.29, 0.717) is 5.56 Å². The van der Waals surface area contributed by atoms with E-state index in [2.05, 4.69) is 54.7 Å². The van der Waals surface area contributed by atoms with Crippen LogP contribution >= 0.6 is 15.9 Å². The molecule has 0 saturated heterocycles. The SMILES string of the molecule is COC(=O)c1cc(Br)c2c(c1)CCN2CCO[Si](C)(C)C(C)(C)C. The number of esters is 1. The first-order chi connectivity index (χ1) is 11.1. The van der Waals surface area contributed by atoms with Gasteiger partial charge in [-0.15, -0.1) is 0 Å². The third kappa shape index (κ3) is 4.03. The van der Waals surface area contributed by atoms with Crippen molar-refractivity contribution in [2.24, 2.45) is 0 Å². The highest BCUT2D eigenvalue weighted by atomic mass is 79.9. The Morgan fingerprint density at radius 1 is 1.33 bits per heavy atom. The molecule has 0 N–H and O–H groups in total. The first-order valence-electron chi connectivity index (χ1n) is 8.36. The molecule has 6 heteroatoms. The minimum Gasteiger partial charge on any atom is -0.465 e. The van der Waals surface area contributed by atoms with Crippen molar-refractivity contribution in [3.05, 3.63) is 27.7 Å². The summed E-state index contributed by atoms with van der Waals surface area (Å²) < 4.78 is 12.1. The van der Waals surface area contributed by atoms with E-state index in [1.807, 2.05) is 12.1 Å². The average molecular weight is 414 g/mol. The van der Waals surface area contributed by atoms with Crippen molar-refractivity contribution >= 4 is 35.9 Å². The number of rotatable bonds is 5. The molecule has 2 rings (SSSR count). The first kappa shape index (κ1) is 19.5. The minimum atomic E-state index is -1.71. The number of anilines is 1. The zero-order chi connectivity index (χ0) is 18.1. The molecule has 0 unspecified atom stereocenters. The molecule has 0 spiro atoms. The second-order valence-electron chi connectivity index (χ2n) is 7.80. The number of ether oxygens (including phenoxy) is 1. The Morgan fingerprint density at radius 3 is 2.58 bits per heavy atom. The second-order valence-corrected chi connectivity index (χ2v) is 13.5. The van der Waals surface area contributed by atoms with Gasteiger partial charge in [0, 0.05) is 17.6 Å². The third-order valence-electron chi connectivity index (χ3n) is 5.16. The summed E-state index contributed by atoms with van der Waals surface area (Å²) in [6.45, 7) is 13.9.